The first kappa shape index (κ1) is 21.8. The number of carbonyl (C=O) groups is 1. The summed E-state index contributed by atoms with van der Waals surface area (Å²) in [6.45, 7) is 0. The minimum atomic E-state index is -0.514. The number of ether oxygens (including phenoxy) is 3. The molecule has 0 aliphatic carbocycles. The summed E-state index contributed by atoms with van der Waals surface area (Å²) in [7, 11) is 6.41. The number of nitrogens with zero attached hydrogens (tertiary/aromatic N) is 2. The molecule has 2 N–H and O–H groups in total. The molecule has 4 aromatic rings. The van der Waals surface area contributed by atoms with Crippen molar-refractivity contribution in [3.63, 3.8) is 0 Å². The van der Waals surface area contributed by atoms with Crippen LogP contribution in [0.2, 0.25) is 0 Å². The summed E-state index contributed by atoms with van der Waals surface area (Å²) in [5.41, 5.74) is 1.98. The molecule has 1 heterocycles. The summed E-state index contributed by atoms with van der Waals surface area (Å²) < 4.78 is 19.6. The molecule has 0 saturated heterocycles. The number of amides is 2. The van der Waals surface area contributed by atoms with E-state index < -0.39 is 6.03 Å². The van der Waals surface area contributed by atoms with Crippen LogP contribution < -0.4 is 30.5 Å². The highest BCUT2D eigenvalue weighted by molar-refractivity contribution is 6.03. The zero-order chi connectivity index (χ0) is 23.5. The van der Waals surface area contributed by atoms with Crippen molar-refractivity contribution < 1.29 is 19.0 Å². The number of anilines is 2. The normalized spacial score (nSPS) is 10.7. The third-order valence-corrected chi connectivity index (χ3v) is 5.25. The van der Waals surface area contributed by atoms with Crippen molar-refractivity contribution >= 4 is 28.4 Å². The summed E-state index contributed by atoms with van der Waals surface area (Å²) in [5.74, 6) is 2.03. The van der Waals surface area contributed by atoms with Gasteiger partial charge in [0, 0.05) is 26.2 Å². The average molecular weight is 448 g/mol. The minimum absolute atomic E-state index is 0.182. The topological polar surface area (TPSA) is 95.8 Å². The second-order valence-electron chi connectivity index (χ2n) is 7.30. The van der Waals surface area contributed by atoms with E-state index in [0.29, 0.717) is 45.4 Å². The van der Waals surface area contributed by atoms with Crippen LogP contribution in [-0.2, 0) is 14.1 Å². The fourth-order valence-electron chi connectivity index (χ4n) is 3.51. The second kappa shape index (κ2) is 8.99. The molecule has 1 aromatic heterocycles. The fourth-order valence-corrected chi connectivity index (χ4v) is 3.51. The molecule has 0 aliphatic heterocycles. The van der Waals surface area contributed by atoms with E-state index >= 15 is 0 Å². The lowest BCUT2D eigenvalue weighted by atomic mass is 10.2. The van der Waals surface area contributed by atoms with E-state index in [1.54, 1.807) is 56.6 Å². The van der Waals surface area contributed by atoms with Crippen molar-refractivity contribution in [3.8, 4) is 23.0 Å². The highest BCUT2D eigenvalue weighted by atomic mass is 16.5. The molecule has 0 saturated carbocycles. The molecule has 4 rings (SSSR count). The van der Waals surface area contributed by atoms with Gasteiger partial charge in [0.15, 0.2) is 5.75 Å². The molecular formula is C24H24N4O5. The molecule has 0 fully saturated rings. The van der Waals surface area contributed by atoms with Gasteiger partial charge in [0.1, 0.15) is 17.2 Å². The number of aromatic nitrogens is 2. The number of para-hydroxylation sites is 1. The molecular weight excluding hydrogens is 424 g/mol. The van der Waals surface area contributed by atoms with Gasteiger partial charge in [-0.05, 0) is 30.3 Å². The number of carbonyl (C=O) groups excluding carboxylic acids is 1. The molecule has 2 amide bonds. The first-order chi connectivity index (χ1) is 15.9. The van der Waals surface area contributed by atoms with Crippen LogP contribution in [0.25, 0.3) is 11.0 Å². The number of hydrogen-bond donors (Lipinski definition) is 2. The first-order valence-corrected chi connectivity index (χ1v) is 10.1. The maximum Gasteiger partial charge on any atom is 0.328 e. The van der Waals surface area contributed by atoms with Crippen molar-refractivity contribution in [1.82, 2.24) is 9.13 Å². The second-order valence-corrected chi connectivity index (χ2v) is 7.30. The van der Waals surface area contributed by atoms with Gasteiger partial charge in [0.2, 0.25) is 0 Å². The zero-order valence-electron chi connectivity index (χ0n) is 18.7. The highest BCUT2D eigenvalue weighted by Crippen LogP contribution is 2.34. The van der Waals surface area contributed by atoms with E-state index in [-0.39, 0.29) is 5.69 Å². The van der Waals surface area contributed by atoms with Crippen LogP contribution in [0.3, 0.4) is 0 Å². The third-order valence-electron chi connectivity index (χ3n) is 5.25. The molecule has 9 nitrogen and oxygen atoms in total. The van der Waals surface area contributed by atoms with Crippen molar-refractivity contribution in [2.45, 2.75) is 0 Å². The van der Waals surface area contributed by atoms with Crippen LogP contribution >= 0.6 is 0 Å². The number of benzene rings is 3. The van der Waals surface area contributed by atoms with Crippen molar-refractivity contribution in [2.24, 2.45) is 14.1 Å². The molecule has 0 radical (unpaired) electrons. The van der Waals surface area contributed by atoms with Gasteiger partial charge in [-0.25, -0.2) is 9.59 Å². The molecule has 9 heteroatoms. The van der Waals surface area contributed by atoms with Crippen LogP contribution in [0.4, 0.5) is 16.2 Å². The number of methoxy groups -OCH3 is 2. The van der Waals surface area contributed by atoms with E-state index in [2.05, 4.69) is 10.6 Å². The Morgan fingerprint density at radius 2 is 1.39 bits per heavy atom. The minimum Gasteiger partial charge on any atom is -0.497 e. The molecule has 0 aliphatic rings. The fraction of sp³-hybridized carbons (Fsp3) is 0.167. The van der Waals surface area contributed by atoms with Crippen molar-refractivity contribution in [2.75, 3.05) is 24.9 Å². The molecule has 33 heavy (non-hydrogen) atoms. The number of aryl methyl sites for hydroxylation is 2. The van der Waals surface area contributed by atoms with E-state index in [9.17, 15) is 9.59 Å². The van der Waals surface area contributed by atoms with Gasteiger partial charge in [0.25, 0.3) is 0 Å². The smallest absolute Gasteiger partial charge is 0.328 e. The molecule has 0 unspecified atom stereocenters. The van der Waals surface area contributed by atoms with E-state index in [1.165, 1.54) is 23.4 Å². The lowest BCUT2D eigenvalue weighted by molar-refractivity contribution is 0.262. The summed E-state index contributed by atoms with van der Waals surface area (Å²) in [5, 5.41) is 5.59. The number of rotatable bonds is 6. The van der Waals surface area contributed by atoms with E-state index in [4.69, 9.17) is 14.2 Å². The number of nitrogens with one attached hydrogen (secondary N) is 2. The Hall–Kier alpha value is -4.40. The van der Waals surface area contributed by atoms with E-state index in [1.807, 2.05) is 18.2 Å². The summed E-state index contributed by atoms with van der Waals surface area (Å²) in [6, 6.07) is 17.2. The predicted octanol–water partition coefficient (Wildman–Crippen LogP) is 4.33. The maximum absolute atomic E-state index is 12.9. The Bertz CT molecular complexity index is 1380. The van der Waals surface area contributed by atoms with Gasteiger partial charge in [-0.1, -0.05) is 18.2 Å². The first-order valence-electron chi connectivity index (χ1n) is 10.1. The Labute approximate surface area is 190 Å². The third kappa shape index (κ3) is 4.33. The van der Waals surface area contributed by atoms with Gasteiger partial charge < -0.3 is 24.8 Å². The lowest BCUT2D eigenvalue weighted by Gasteiger charge is -2.15. The molecule has 3 aromatic carbocycles. The predicted molar refractivity (Wildman–Crippen MR) is 127 cm³/mol. The summed E-state index contributed by atoms with van der Waals surface area (Å²) in [4.78, 5) is 25.3. The number of urea groups is 1. The highest BCUT2D eigenvalue weighted by Gasteiger charge is 2.17. The van der Waals surface area contributed by atoms with Crippen LogP contribution in [0.15, 0.2) is 65.5 Å². The van der Waals surface area contributed by atoms with Crippen LogP contribution in [0.1, 0.15) is 0 Å². The standard InChI is InChI=1S/C24H24N4O5/c1-27-19-13-18(26-23(29)25-17-12-16(31-3)10-11-21(17)32-4)22(14-20(19)28(2)24(27)30)33-15-8-6-5-7-9-15/h5-14H,1-4H3,(H2,25,26,29). The van der Waals surface area contributed by atoms with Gasteiger partial charge in [-0.3, -0.25) is 9.13 Å². The number of imidazole rings is 1. The number of hydrogen-bond acceptors (Lipinski definition) is 5. The Balaban J connectivity index is 1.71. The van der Waals surface area contributed by atoms with Crippen LogP contribution in [0.5, 0.6) is 23.0 Å². The molecule has 0 spiro atoms. The Morgan fingerprint density at radius 1 is 0.758 bits per heavy atom. The zero-order valence-corrected chi connectivity index (χ0v) is 18.7. The lowest BCUT2D eigenvalue weighted by Crippen LogP contribution is -2.20. The summed E-state index contributed by atoms with van der Waals surface area (Å²) in [6.07, 6.45) is 0. The van der Waals surface area contributed by atoms with Gasteiger partial charge in [0.05, 0.1) is 36.6 Å². The van der Waals surface area contributed by atoms with E-state index in [0.717, 1.165) is 0 Å². The van der Waals surface area contributed by atoms with Crippen molar-refractivity contribution in [3.05, 3.63) is 71.1 Å². The monoisotopic (exact) mass is 448 g/mol. The largest absolute Gasteiger partial charge is 0.497 e. The molecule has 0 bridgehead atoms. The Kier molecular flexibility index (Phi) is 5.95. The molecule has 170 valence electrons. The van der Waals surface area contributed by atoms with Gasteiger partial charge >= 0.3 is 11.7 Å². The summed E-state index contributed by atoms with van der Waals surface area (Å²) >= 11 is 0. The maximum atomic E-state index is 12.9. The SMILES string of the molecule is COc1ccc(OC)c(NC(=O)Nc2cc3c(cc2Oc2ccccc2)n(C)c(=O)n3C)c1. The van der Waals surface area contributed by atoms with Gasteiger partial charge in [-0.15, -0.1) is 0 Å². The molecule has 0 atom stereocenters. The van der Waals surface area contributed by atoms with Crippen molar-refractivity contribution in [1.29, 1.82) is 0 Å². The van der Waals surface area contributed by atoms with Crippen LogP contribution in [-0.4, -0.2) is 29.4 Å². The Morgan fingerprint density at radius 3 is 2.03 bits per heavy atom. The number of fused-ring (bicyclic) bond motifs is 1. The quantitative estimate of drug-likeness (QED) is 0.458. The average Bonchev–Trinajstić information content (AvgIpc) is 3.03. The van der Waals surface area contributed by atoms with Crippen LogP contribution in [0, 0.1) is 0 Å². The van der Waals surface area contributed by atoms with Gasteiger partial charge in [-0.2, -0.15) is 0 Å².